The zero-order valence-electron chi connectivity index (χ0n) is 10.0. The van der Waals surface area contributed by atoms with Crippen LogP contribution >= 0.6 is 27.7 Å². The van der Waals surface area contributed by atoms with Gasteiger partial charge in [-0.05, 0) is 42.0 Å². The molecule has 2 nitrogen and oxygen atoms in total. The fourth-order valence-electron chi connectivity index (χ4n) is 1.51. The van der Waals surface area contributed by atoms with Gasteiger partial charge in [0.25, 0.3) is 0 Å². The Balaban J connectivity index is 2.02. The van der Waals surface area contributed by atoms with Gasteiger partial charge in [0.1, 0.15) is 5.75 Å². The number of anilines is 1. The minimum absolute atomic E-state index is 0.778. The summed E-state index contributed by atoms with van der Waals surface area (Å²) in [5.74, 6) is 1.79. The Morgan fingerprint density at radius 1 is 1.17 bits per heavy atom. The van der Waals surface area contributed by atoms with Crippen LogP contribution in [-0.4, -0.2) is 7.11 Å². The Kier molecular flexibility index (Phi) is 4.55. The second-order valence-electron chi connectivity index (χ2n) is 3.82. The maximum Gasteiger partial charge on any atom is 0.118 e. The molecule has 2 aromatic rings. The smallest absolute Gasteiger partial charge is 0.118 e. The molecular formula is C14H14BrNOS. The summed E-state index contributed by atoms with van der Waals surface area (Å²) in [4.78, 5) is 1.22. The molecule has 0 aliphatic heterocycles. The minimum Gasteiger partial charge on any atom is -0.497 e. The molecule has 0 unspecified atom stereocenters. The molecule has 0 aromatic heterocycles. The lowest BCUT2D eigenvalue weighted by Gasteiger charge is -2.06. The molecule has 0 saturated heterocycles. The summed E-state index contributed by atoms with van der Waals surface area (Å²) in [6.07, 6.45) is 0. The van der Waals surface area contributed by atoms with Crippen LogP contribution in [0.1, 0.15) is 5.56 Å². The van der Waals surface area contributed by atoms with Crippen LogP contribution < -0.4 is 10.5 Å². The van der Waals surface area contributed by atoms with Gasteiger partial charge in [0.2, 0.25) is 0 Å². The van der Waals surface area contributed by atoms with E-state index in [2.05, 4.69) is 34.1 Å². The minimum atomic E-state index is 0.778. The largest absolute Gasteiger partial charge is 0.497 e. The molecule has 2 rings (SSSR count). The molecule has 2 aromatic carbocycles. The van der Waals surface area contributed by atoms with Crippen molar-refractivity contribution >= 4 is 33.4 Å². The molecule has 0 bridgehead atoms. The maximum atomic E-state index is 5.72. The van der Waals surface area contributed by atoms with Gasteiger partial charge >= 0.3 is 0 Å². The van der Waals surface area contributed by atoms with Gasteiger partial charge in [0.05, 0.1) is 7.11 Å². The van der Waals surface area contributed by atoms with Crippen LogP contribution in [-0.2, 0) is 5.75 Å². The highest BCUT2D eigenvalue weighted by Gasteiger charge is 2.02. The first-order valence-corrected chi connectivity index (χ1v) is 7.27. The fourth-order valence-corrected chi connectivity index (χ4v) is 3.14. The van der Waals surface area contributed by atoms with Crippen LogP contribution in [0, 0.1) is 0 Å². The lowest BCUT2D eigenvalue weighted by atomic mass is 10.2. The number of nitrogens with two attached hydrogens (primary N) is 1. The van der Waals surface area contributed by atoms with Gasteiger partial charge in [-0.1, -0.05) is 22.0 Å². The number of hydrogen-bond acceptors (Lipinski definition) is 3. The Hall–Kier alpha value is -1.13. The third-order valence-corrected chi connectivity index (χ3v) is 4.33. The van der Waals surface area contributed by atoms with E-state index >= 15 is 0 Å². The predicted octanol–water partition coefficient (Wildman–Crippen LogP) is 4.33. The zero-order valence-corrected chi connectivity index (χ0v) is 12.4. The molecule has 2 N–H and O–H groups in total. The highest BCUT2D eigenvalue weighted by molar-refractivity contribution is 9.10. The number of benzene rings is 2. The standard InChI is InChI=1S/C14H14BrNOS/c1-17-12-4-6-13(7-5-12)18-9-10-2-3-11(16)8-14(10)15/h2-8H,9,16H2,1H3. The quantitative estimate of drug-likeness (QED) is 0.671. The maximum absolute atomic E-state index is 5.72. The number of ether oxygens (including phenoxy) is 1. The van der Waals surface area contributed by atoms with E-state index in [1.54, 1.807) is 18.9 Å². The summed E-state index contributed by atoms with van der Waals surface area (Å²) in [6, 6.07) is 14.0. The van der Waals surface area contributed by atoms with Crippen molar-refractivity contribution in [2.24, 2.45) is 0 Å². The lowest BCUT2D eigenvalue weighted by Crippen LogP contribution is -1.88. The fraction of sp³-hybridized carbons (Fsp3) is 0.143. The molecule has 0 atom stereocenters. The molecule has 18 heavy (non-hydrogen) atoms. The number of rotatable bonds is 4. The Morgan fingerprint density at radius 3 is 2.50 bits per heavy atom. The SMILES string of the molecule is COc1ccc(SCc2ccc(N)cc2Br)cc1. The molecule has 0 amide bonds. The van der Waals surface area contributed by atoms with Crippen LogP contribution in [0.4, 0.5) is 5.69 Å². The third kappa shape index (κ3) is 3.43. The molecule has 0 spiro atoms. The van der Waals surface area contributed by atoms with Crippen LogP contribution in [0.5, 0.6) is 5.75 Å². The molecule has 0 radical (unpaired) electrons. The van der Waals surface area contributed by atoms with E-state index in [0.717, 1.165) is 21.7 Å². The Labute approximate surface area is 120 Å². The zero-order chi connectivity index (χ0) is 13.0. The first-order valence-electron chi connectivity index (χ1n) is 5.50. The van der Waals surface area contributed by atoms with Gasteiger partial charge < -0.3 is 10.5 Å². The van der Waals surface area contributed by atoms with E-state index in [9.17, 15) is 0 Å². The Morgan fingerprint density at radius 2 is 1.89 bits per heavy atom. The highest BCUT2D eigenvalue weighted by atomic mass is 79.9. The van der Waals surface area contributed by atoms with E-state index in [1.807, 2.05) is 24.3 Å². The monoisotopic (exact) mass is 323 g/mol. The normalized spacial score (nSPS) is 10.3. The first kappa shape index (κ1) is 13.3. The van der Waals surface area contributed by atoms with Crippen molar-refractivity contribution in [2.45, 2.75) is 10.6 Å². The van der Waals surface area contributed by atoms with Crippen molar-refractivity contribution in [3.63, 3.8) is 0 Å². The van der Waals surface area contributed by atoms with Gasteiger partial charge in [-0.3, -0.25) is 0 Å². The van der Waals surface area contributed by atoms with E-state index < -0.39 is 0 Å². The van der Waals surface area contributed by atoms with Crippen molar-refractivity contribution in [1.29, 1.82) is 0 Å². The molecule has 0 aliphatic rings. The van der Waals surface area contributed by atoms with Gasteiger partial charge in [0, 0.05) is 20.8 Å². The number of thioether (sulfide) groups is 1. The van der Waals surface area contributed by atoms with Crippen molar-refractivity contribution in [3.05, 3.63) is 52.5 Å². The van der Waals surface area contributed by atoms with Gasteiger partial charge in [-0.15, -0.1) is 11.8 Å². The number of methoxy groups -OCH3 is 1. The summed E-state index contributed by atoms with van der Waals surface area (Å²) < 4.78 is 6.19. The van der Waals surface area contributed by atoms with E-state index in [0.29, 0.717) is 0 Å². The first-order chi connectivity index (χ1) is 8.69. The average Bonchev–Trinajstić information content (AvgIpc) is 2.38. The van der Waals surface area contributed by atoms with Gasteiger partial charge in [-0.25, -0.2) is 0 Å². The molecule has 0 aliphatic carbocycles. The van der Waals surface area contributed by atoms with Crippen molar-refractivity contribution in [1.82, 2.24) is 0 Å². The Bertz CT molecular complexity index is 528. The van der Waals surface area contributed by atoms with Crippen molar-refractivity contribution < 1.29 is 4.74 Å². The molecule has 0 saturated carbocycles. The topological polar surface area (TPSA) is 35.2 Å². The van der Waals surface area contributed by atoms with E-state index in [-0.39, 0.29) is 0 Å². The summed E-state index contributed by atoms with van der Waals surface area (Å²) in [6.45, 7) is 0. The number of halogens is 1. The highest BCUT2D eigenvalue weighted by Crippen LogP contribution is 2.29. The van der Waals surface area contributed by atoms with Gasteiger partial charge in [-0.2, -0.15) is 0 Å². The third-order valence-electron chi connectivity index (χ3n) is 2.53. The summed E-state index contributed by atoms with van der Waals surface area (Å²) >= 11 is 5.32. The van der Waals surface area contributed by atoms with Crippen LogP contribution in [0.15, 0.2) is 51.8 Å². The van der Waals surface area contributed by atoms with Crippen LogP contribution in [0.25, 0.3) is 0 Å². The number of hydrogen-bond donors (Lipinski definition) is 1. The number of nitrogen functional groups attached to an aromatic ring is 1. The van der Waals surface area contributed by atoms with E-state index in [4.69, 9.17) is 10.5 Å². The lowest BCUT2D eigenvalue weighted by molar-refractivity contribution is 0.414. The average molecular weight is 324 g/mol. The van der Waals surface area contributed by atoms with Crippen LogP contribution in [0.3, 0.4) is 0 Å². The molecule has 4 heteroatoms. The summed E-state index contributed by atoms with van der Waals surface area (Å²) in [5, 5.41) is 0. The predicted molar refractivity (Wildman–Crippen MR) is 81.1 cm³/mol. The second kappa shape index (κ2) is 6.16. The van der Waals surface area contributed by atoms with Gasteiger partial charge in [0.15, 0.2) is 0 Å². The summed E-state index contributed by atoms with van der Waals surface area (Å²) in [7, 11) is 1.67. The second-order valence-corrected chi connectivity index (χ2v) is 5.72. The molecule has 0 fully saturated rings. The van der Waals surface area contributed by atoms with Crippen LogP contribution in [0.2, 0.25) is 0 Å². The van der Waals surface area contributed by atoms with E-state index in [1.165, 1.54) is 10.5 Å². The van der Waals surface area contributed by atoms with Crippen molar-refractivity contribution in [2.75, 3.05) is 12.8 Å². The molecular weight excluding hydrogens is 310 g/mol. The molecule has 0 heterocycles. The molecule has 94 valence electrons. The van der Waals surface area contributed by atoms with Crippen molar-refractivity contribution in [3.8, 4) is 5.75 Å². The summed E-state index contributed by atoms with van der Waals surface area (Å²) in [5.41, 5.74) is 7.73.